The number of imidazole rings is 1. The summed E-state index contributed by atoms with van der Waals surface area (Å²) in [5, 5.41) is 0. The number of pyridine rings is 1. The molecule has 1 saturated heterocycles. The first-order chi connectivity index (χ1) is 13.6. The molecule has 3 aromatic rings. The maximum absolute atomic E-state index is 13.5. The van der Waals surface area contributed by atoms with Crippen molar-refractivity contribution in [2.24, 2.45) is 5.92 Å². The number of rotatable bonds is 3. The number of nitrogens with one attached hydrogen (secondary N) is 2. The Bertz CT molecular complexity index is 994. The highest BCUT2D eigenvalue weighted by Gasteiger charge is 2.36. The lowest BCUT2D eigenvalue weighted by atomic mass is 9.82. The summed E-state index contributed by atoms with van der Waals surface area (Å²) in [5.74, 6) is 1.65. The summed E-state index contributed by atoms with van der Waals surface area (Å²) >= 11 is 0. The summed E-state index contributed by atoms with van der Waals surface area (Å²) in [6.45, 7) is 5.33. The van der Waals surface area contributed by atoms with Crippen LogP contribution in [0.4, 0.5) is 4.39 Å². The Morgan fingerprint density at radius 3 is 2.68 bits per heavy atom. The van der Waals surface area contributed by atoms with Crippen LogP contribution in [0.25, 0.3) is 22.6 Å². The lowest BCUT2D eigenvalue weighted by molar-refractivity contribution is 0.257. The van der Waals surface area contributed by atoms with Crippen LogP contribution in [0.15, 0.2) is 36.4 Å². The van der Waals surface area contributed by atoms with Gasteiger partial charge in [-0.15, -0.1) is 0 Å². The molecular formula is C22H26FN5. The monoisotopic (exact) mass is 379 g/mol. The zero-order valence-electron chi connectivity index (χ0n) is 16.3. The van der Waals surface area contributed by atoms with Gasteiger partial charge in [0.25, 0.3) is 0 Å². The Labute approximate surface area is 164 Å². The fourth-order valence-corrected chi connectivity index (χ4v) is 4.67. The molecule has 146 valence electrons. The van der Waals surface area contributed by atoms with Crippen LogP contribution in [0.3, 0.4) is 0 Å². The average molecular weight is 379 g/mol. The Hall–Kier alpha value is -2.31. The number of nitrogens with zero attached hydrogens (tertiary/aromatic N) is 3. The van der Waals surface area contributed by atoms with Crippen LogP contribution >= 0.6 is 0 Å². The first-order valence-electron chi connectivity index (χ1n) is 10.2. The van der Waals surface area contributed by atoms with Gasteiger partial charge >= 0.3 is 0 Å². The first-order valence-corrected chi connectivity index (χ1v) is 10.2. The normalized spacial score (nSPS) is 24.8. The molecule has 0 spiro atoms. The van der Waals surface area contributed by atoms with E-state index in [4.69, 9.17) is 9.97 Å². The molecule has 2 N–H and O–H groups in total. The standard InChI is InChI=1S/C22H26FN5/c1-13(2)18-9-10-20-22(25-18)28(17-7-8-19-15(11-17)12-24-27-19)21(26-20)14-3-5-16(23)6-4-14/h3-6,9-10,13,15,17,19,24,27H,7-8,11-12H2,1-2H3. The largest absolute Gasteiger partial charge is 0.306 e. The van der Waals surface area contributed by atoms with Gasteiger partial charge in [0.1, 0.15) is 17.2 Å². The van der Waals surface area contributed by atoms with Crippen LogP contribution in [-0.4, -0.2) is 27.1 Å². The minimum absolute atomic E-state index is 0.227. The molecule has 1 aliphatic carbocycles. The maximum Gasteiger partial charge on any atom is 0.160 e. The smallest absolute Gasteiger partial charge is 0.160 e. The predicted octanol–water partition coefficient (Wildman–Crippen LogP) is 4.18. The molecule has 0 amide bonds. The van der Waals surface area contributed by atoms with E-state index in [1.54, 1.807) is 0 Å². The van der Waals surface area contributed by atoms with Crippen LogP contribution in [0, 0.1) is 11.7 Å². The number of hydrogen-bond donors (Lipinski definition) is 2. The Balaban J connectivity index is 1.65. The van der Waals surface area contributed by atoms with E-state index in [1.807, 2.05) is 12.1 Å². The van der Waals surface area contributed by atoms with Gasteiger partial charge < -0.3 is 4.57 Å². The van der Waals surface area contributed by atoms with Gasteiger partial charge in [0.2, 0.25) is 0 Å². The number of aromatic nitrogens is 3. The molecule has 2 fully saturated rings. The van der Waals surface area contributed by atoms with E-state index in [0.717, 1.165) is 54.1 Å². The van der Waals surface area contributed by atoms with Gasteiger partial charge in [-0.05, 0) is 67.5 Å². The van der Waals surface area contributed by atoms with Gasteiger partial charge in [-0.3, -0.25) is 10.9 Å². The van der Waals surface area contributed by atoms with Crippen molar-refractivity contribution in [3.63, 3.8) is 0 Å². The van der Waals surface area contributed by atoms with E-state index in [0.29, 0.717) is 23.9 Å². The van der Waals surface area contributed by atoms with Crippen LogP contribution in [0.1, 0.15) is 50.8 Å². The third-order valence-corrected chi connectivity index (χ3v) is 6.22. The minimum atomic E-state index is -0.227. The summed E-state index contributed by atoms with van der Waals surface area (Å²) in [4.78, 5) is 9.91. The molecule has 5 nitrogen and oxygen atoms in total. The van der Waals surface area contributed by atoms with Crippen molar-refractivity contribution in [2.75, 3.05) is 6.54 Å². The van der Waals surface area contributed by atoms with E-state index >= 15 is 0 Å². The molecule has 3 heterocycles. The quantitative estimate of drug-likeness (QED) is 0.717. The summed E-state index contributed by atoms with van der Waals surface area (Å²) < 4.78 is 15.8. The van der Waals surface area contributed by atoms with Crippen molar-refractivity contribution < 1.29 is 4.39 Å². The van der Waals surface area contributed by atoms with Gasteiger partial charge in [0.15, 0.2) is 5.65 Å². The number of benzene rings is 1. The van der Waals surface area contributed by atoms with Crippen LogP contribution in [-0.2, 0) is 0 Å². The Morgan fingerprint density at radius 2 is 1.89 bits per heavy atom. The van der Waals surface area contributed by atoms with Crippen molar-refractivity contribution in [3.8, 4) is 11.4 Å². The second-order valence-electron chi connectivity index (χ2n) is 8.40. The molecule has 5 rings (SSSR count). The zero-order chi connectivity index (χ0) is 19.3. The first kappa shape index (κ1) is 17.8. The lowest BCUT2D eigenvalue weighted by Crippen LogP contribution is -2.36. The van der Waals surface area contributed by atoms with Crippen molar-refractivity contribution in [2.45, 2.75) is 51.1 Å². The highest BCUT2D eigenvalue weighted by atomic mass is 19.1. The van der Waals surface area contributed by atoms with Gasteiger partial charge in [-0.1, -0.05) is 13.8 Å². The van der Waals surface area contributed by atoms with Crippen molar-refractivity contribution in [1.82, 2.24) is 25.4 Å². The lowest BCUT2D eigenvalue weighted by Gasteiger charge is -2.32. The van der Waals surface area contributed by atoms with Gasteiger partial charge in [0.05, 0.1) is 0 Å². The molecule has 3 unspecified atom stereocenters. The van der Waals surface area contributed by atoms with Crippen LogP contribution < -0.4 is 10.9 Å². The second kappa shape index (κ2) is 6.94. The van der Waals surface area contributed by atoms with Gasteiger partial charge in [-0.25, -0.2) is 14.4 Å². The second-order valence-corrected chi connectivity index (χ2v) is 8.40. The summed E-state index contributed by atoms with van der Waals surface area (Å²) in [6.07, 6.45) is 3.32. The van der Waals surface area contributed by atoms with Crippen LogP contribution in [0.5, 0.6) is 0 Å². The molecular weight excluding hydrogens is 353 g/mol. The number of hydrazine groups is 1. The van der Waals surface area contributed by atoms with Gasteiger partial charge in [-0.2, -0.15) is 0 Å². The highest BCUT2D eigenvalue weighted by Crippen LogP contribution is 2.39. The van der Waals surface area contributed by atoms with Crippen molar-refractivity contribution in [3.05, 3.63) is 47.9 Å². The van der Waals surface area contributed by atoms with Crippen LogP contribution in [0.2, 0.25) is 0 Å². The number of hydrogen-bond acceptors (Lipinski definition) is 4. The molecule has 1 aromatic carbocycles. The molecule has 0 bridgehead atoms. The fraction of sp³-hybridized carbons (Fsp3) is 0.455. The maximum atomic E-state index is 13.5. The summed E-state index contributed by atoms with van der Waals surface area (Å²) in [5.41, 5.74) is 10.6. The SMILES string of the molecule is CC(C)c1ccc2nc(-c3ccc(F)cc3)n(C3CCC4NNCC4C3)c2n1. The molecule has 2 aliphatic rings. The Kier molecular flexibility index (Phi) is 4.40. The van der Waals surface area contributed by atoms with E-state index < -0.39 is 0 Å². The third kappa shape index (κ3) is 3.01. The molecule has 3 atom stereocenters. The topological polar surface area (TPSA) is 54.8 Å². The third-order valence-electron chi connectivity index (χ3n) is 6.22. The van der Waals surface area contributed by atoms with Crippen molar-refractivity contribution >= 4 is 11.2 Å². The van der Waals surface area contributed by atoms with Gasteiger partial charge in [0, 0.05) is 29.9 Å². The Morgan fingerprint density at radius 1 is 1.07 bits per heavy atom. The fourth-order valence-electron chi connectivity index (χ4n) is 4.67. The zero-order valence-corrected chi connectivity index (χ0v) is 16.3. The molecule has 2 aromatic heterocycles. The van der Waals surface area contributed by atoms with Crippen molar-refractivity contribution in [1.29, 1.82) is 0 Å². The molecule has 0 radical (unpaired) electrons. The van der Waals surface area contributed by atoms with E-state index in [1.165, 1.54) is 12.1 Å². The molecule has 1 aliphatic heterocycles. The molecule has 28 heavy (non-hydrogen) atoms. The number of fused-ring (bicyclic) bond motifs is 2. The van der Waals surface area contributed by atoms with E-state index in [2.05, 4.69) is 41.4 Å². The molecule has 6 heteroatoms. The van der Waals surface area contributed by atoms with E-state index in [9.17, 15) is 4.39 Å². The summed E-state index contributed by atoms with van der Waals surface area (Å²) in [7, 11) is 0. The summed E-state index contributed by atoms with van der Waals surface area (Å²) in [6, 6.07) is 11.7. The highest BCUT2D eigenvalue weighted by molar-refractivity contribution is 5.77. The van der Waals surface area contributed by atoms with E-state index in [-0.39, 0.29) is 5.82 Å². The minimum Gasteiger partial charge on any atom is -0.306 e. The molecule has 1 saturated carbocycles. The average Bonchev–Trinajstić information content (AvgIpc) is 3.31. The predicted molar refractivity (Wildman–Crippen MR) is 108 cm³/mol. The number of halogens is 1.